The van der Waals surface area contributed by atoms with Gasteiger partial charge in [0.15, 0.2) is 11.5 Å². The molecular weight excluding hydrogens is 342 g/mol. The first-order chi connectivity index (χ1) is 12.6. The van der Waals surface area contributed by atoms with Crippen LogP contribution < -0.4 is 18.9 Å². The highest BCUT2D eigenvalue weighted by molar-refractivity contribution is 5.89. The predicted molar refractivity (Wildman–Crippen MR) is 91.7 cm³/mol. The third kappa shape index (κ3) is 3.92. The predicted octanol–water partition coefficient (Wildman–Crippen LogP) is 2.99. The third-order valence-corrected chi connectivity index (χ3v) is 3.51. The molecule has 2 aromatic rings. The summed E-state index contributed by atoms with van der Waals surface area (Å²) >= 11 is 0. The van der Waals surface area contributed by atoms with E-state index < -0.39 is 10.9 Å². The van der Waals surface area contributed by atoms with Crippen molar-refractivity contribution in [3.05, 3.63) is 58.2 Å². The number of non-ortho nitro benzene ring substituents is 1. The SMILES string of the molecule is COc1cc(C=CC(=O)Oc2cccc([N+](=O)[O-])c2)cc2c1OCCO2. The van der Waals surface area contributed by atoms with Crippen molar-refractivity contribution in [1.29, 1.82) is 0 Å². The van der Waals surface area contributed by atoms with E-state index >= 15 is 0 Å². The van der Waals surface area contributed by atoms with Gasteiger partial charge in [-0.3, -0.25) is 10.1 Å². The molecule has 0 aliphatic carbocycles. The Morgan fingerprint density at radius 2 is 2.04 bits per heavy atom. The van der Waals surface area contributed by atoms with E-state index in [1.54, 1.807) is 12.1 Å². The molecule has 0 spiro atoms. The normalized spacial score (nSPS) is 12.7. The highest BCUT2D eigenvalue weighted by Gasteiger charge is 2.18. The lowest BCUT2D eigenvalue weighted by Gasteiger charge is -2.20. The van der Waals surface area contributed by atoms with E-state index in [1.807, 2.05) is 0 Å². The number of fused-ring (bicyclic) bond motifs is 1. The van der Waals surface area contributed by atoms with Gasteiger partial charge in [-0.05, 0) is 29.8 Å². The van der Waals surface area contributed by atoms with Crippen LogP contribution in [0.1, 0.15) is 5.56 Å². The lowest BCUT2D eigenvalue weighted by Crippen LogP contribution is -2.16. The summed E-state index contributed by atoms with van der Waals surface area (Å²) < 4.78 is 21.4. The van der Waals surface area contributed by atoms with Crippen molar-refractivity contribution in [2.45, 2.75) is 0 Å². The first-order valence-electron chi connectivity index (χ1n) is 7.69. The monoisotopic (exact) mass is 357 g/mol. The third-order valence-electron chi connectivity index (χ3n) is 3.51. The topological polar surface area (TPSA) is 97.1 Å². The number of nitro groups is 1. The van der Waals surface area contributed by atoms with Crippen molar-refractivity contribution >= 4 is 17.7 Å². The minimum absolute atomic E-state index is 0.0913. The van der Waals surface area contributed by atoms with Crippen LogP contribution in [0.5, 0.6) is 23.0 Å². The number of hydrogen-bond donors (Lipinski definition) is 0. The van der Waals surface area contributed by atoms with Gasteiger partial charge < -0.3 is 18.9 Å². The van der Waals surface area contributed by atoms with E-state index in [-0.39, 0.29) is 11.4 Å². The fraction of sp³-hybridized carbons (Fsp3) is 0.167. The number of hydrogen-bond acceptors (Lipinski definition) is 7. The molecule has 0 amide bonds. The van der Waals surface area contributed by atoms with Crippen molar-refractivity contribution in [1.82, 2.24) is 0 Å². The van der Waals surface area contributed by atoms with Crippen LogP contribution in [0, 0.1) is 10.1 Å². The van der Waals surface area contributed by atoms with Crippen LogP contribution in [0.25, 0.3) is 6.08 Å². The Hall–Kier alpha value is -3.55. The molecular formula is C18H15NO7. The first kappa shape index (κ1) is 17.3. The van der Waals surface area contributed by atoms with Crippen LogP contribution in [0.4, 0.5) is 5.69 Å². The largest absolute Gasteiger partial charge is 0.493 e. The van der Waals surface area contributed by atoms with Gasteiger partial charge in [0.05, 0.1) is 18.1 Å². The molecule has 0 N–H and O–H groups in total. The summed E-state index contributed by atoms with van der Waals surface area (Å²) in [5, 5.41) is 10.7. The van der Waals surface area contributed by atoms with Crippen molar-refractivity contribution < 1.29 is 28.7 Å². The molecule has 8 heteroatoms. The number of nitro benzene ring substituents is 1. The Bertz CT molecular complexity index is 859. The van der Waals surface area contributed by atoms with E-state index in [0.29, 0.717) is 36.0 Å². The van der Waals surface area contributed by atoms with Gasteiger partial charge in [0.25, 0.3) is 5.69 Å². The minimum Gasteiger partial charge on any atom is -0.493 e. The van der Waals surface area contributed by atoms with E-state index in [1.165, 1.54) is 43.5 Å². The van der Waals surface area contributed by atoms with Gasteiger partial charge in [-0.1, -0.05) is 6.07 Å². The second-order valence-electron chi connectivity index (χ2n) is 5.26. The molecule has 134 valence electrons. The quantitative estimate of drug-likeness (QED) is 0.267. The number of methoxy groups -OCH3 is 1. The number of carbonyl (C=O) groups is 1. The summed E-state index contributed by atoms with van der Waals surface area (Å²) in [5.41, 5.74) is 0.498. The maximum absolute atomic E-state index is 11.9. The highest BCUT2D eigenvalue weighted by atomic mass is 16.6. The summed E-state index contributed by atoms with van der Waals surface area (Å²) in [6.07, 6.45) is 2.74. The van der Waals surface area contributed by atoms with E-state index in [0.717, 1.165) is 0 Å². The van der Waals surface area contributed by atoms with Crippen LogP contribution in [-0.4, -0.2) is 31.2 Å². The fourth-order valence-corrected chi connectivity index (χ4v) is 2.36. The molecule has 0 saturated carbocycles. The molecule has 1 aliphatic rings. The Morgan fingerprint density at radius 1 is 1.23 bits per heavy atom. The van der Waals surface area contributed by atoms with Crippen molar-refractivity contribution in [3.8, 4) is 23.0 Å². The molecule has 1 aliphatic heterocycles. The van der Waals surface area contributed by atoms with Crippen LogP contribution in [0.15, 0.2) is 42.5 Å². The lowest BCUT2D eigenvalue weighted by atomic mass is 10.1. The number of benzene rings is 2. The molecule has 0 aromatic heterocycles. The van der Waals surface area contributed by atoms with Crippen molar-refractivity contribution in [3.63, 3.8) is 0 Å². The molecule has 0 fully saturated rings. The van der Waals surface area contributed by atoms with Crippen molar-refractivity contribution in [2.75, 3.05) is 20.3 Å². The van der Waals surface area contributed by atoms with Gasteiger partial charge in [-0.2, -0.15) is 0 Å². The summed E-state index contributed by atoms with van der Waals surface area (Å²) in [6, 6.07) is 8.81. The highest BCUT2D eigenvalue weighted by Crippen LogP contribution is 2.40. The molecule has 3 rings (SSSR count). The van der Waals surface area contributed by atoms with Gasteiger partial charge in [-0.25, -0.2) is 4.79 Å². The molecule has 0 saturated heterocycles. The molecule has 8 nitrogen and oxygen atoms in total. The van der Waals surface area contributed by atoms with Crippen molar-refractivity contribution in [2.24, 2.45) is 0 Å². The molecule has 26 heavy (non-hydrogen) atoms. The average molecular weight is 357 g/mol. The molecule has 2 aromatic carbocycles. The zero-order valence-electron chi connectivity index (χ0n) is 13.8. The number of ether oxygens (including phenoxy) is 4. The van der Waals surface area contributed by atoms with Crippen LogP contribution in [0.3, 0.4) is 0 Å². The van der Waals surface area contributed by atoms with Gasteiger partial charge in [0, 0.05) is 12.1 Å². The van der Waals surface area contributed by atoms with Crippen LogP contribution in [0.2, 0.25) is 0 Å². The lowest BCUT2D eigenvalue weighted by molar-refractivity contribution is -0.384. The fourth-order valence-electron chi connectivity index (χ4n) is 2.36. The Balaban J connectivity index is 1.74. The number of carbonyl (C=O) groups excluding carboxylic acids is 1. The van der Waals surface area contributed by atoms with E-state index in [4.69, 9.17) is 18.9 Å². The standard InChI is InChI=1S/C18H15NO7/c1-23-15-9-12(10-16-18(15)25-8-7-24-16)5-6-17(20)26-14-4-2-3-13(11-14)19(21)22/h2-6,9-11H,7-8H2,1H3. The zero-order chi connectivity index (χ0) is 18.5. The average Bonchev–Trinajstić information content (AvgIpc) is 2.65. The second-order valence-corrected chi connectivity index (χ2v) is 5.26. The Labute approximate surface area is 148 Å². The van der Waals surface area contributed by atoms with Gasteiger partial charge in [0.1, 0.15) is 19.0 Å². The summed E-state index contributed by atoms with van der Waals surface area (Å²) in [5.74, 6) is 0.972. The van der Waals surface area contributed by atoms with Gasteiger partial charge in [0.2, 0.25) is 5.75 Å². The second kappa shape index (κ2) is 7.56. The molecule has 0 unspecified atom stereocenters. The number of rotatable bonds is 5. The van der Waals surface area contributed by atoms with Gasteiger partial charge in [-0.15, -0.1) is 0 Å². The van der Waals surface area contributed by atoms with E-state index in [9.17, 15) is 14.9 Å². The summed E-state index contributed by atoms with van der Waals surface area (Å²) in [4.78, 5) is 22.1. The summed E-state index contributed by atoms with van der Waals surface area (Å²) in [6.45, 7) is 0.867. The Morgan fingerprint density at radius 3 is 2.81 bits per heavy atom. The van der Waals surface area contributed by atoms with E-state index in [2.05, 4.69) is 0 Å². The number of nitrogens with zero attached hydrogens (tertiary/aromatic N) is 1. The molecule has 0 atom stereocenters. The Kier molecular flexibility index (Phi) is 5.02. The first-order valence-corrected chi connectivity index (χ1v) is 7.69. The van der Waals surface area contributed by atoms with Gasteiger partial charge >= 0.3 is 5.97 Å². The maximum atomic E-state index is 11.9. The maximum Gasteiger partial charge on any atom is 0.336 e. The number of esters is 1. The van der Waals surface area contributed by atoms with Crippen LogP contribution >= 0.6 is 0 Å². The zero-order valence-corrected chi connectivity index (χ0v) is 13.8. The molecule has 0 radical (unpaired) electrons. The van der Waals surface area contributed by atoms with Crippen LogP contribution in [-0.2, 0) is 4.79 Å². The smallest absolute Gasteiger partial charge is 0.336 e. The molecule has 0 bridgehead atoms. The molecule has 1 heterocycles. The summed E-state index contributed by atoms with van der Waals surface area (Å²) in [7, 11) is 1.51. The minimum atomic E-state index is -0.667.